The number of carbonyl (C=O) groups is 2. The van der Waals surface area contributed by atoms with Crippen molar-refractivity contribution in [2.24, 2.45) is 0 Å². The van der Waals surface area contributed by atoms with Crippen LogP contribution in [0.3, 0.4) is 0 Å². The molecule has 0 aliphatic carbocycles. The quantitative estimate of drug-likeness (QED) is 0.416. The number of nitrogens with one attached hydrogen (secondary N) is 1. The molecule has 0 saturated carbocycles. The molecule has 0 aromatic rings. The van der Waals surface area contributed by atoms with Crippen molar-refractivity contribution in [3.8, 4) is 0 Å². The van der Waals surface area contributed by atoms with Crippen molar-refractivity contribution >= 4 is 11.9 Å². The first-order valence-corrected chi connectivity index (χ1v) is 3.11. The average Bonchev–Trinajstić information content (AvgIpc) is 1.77. The number of esters is 1. The van der Waals surface area contributed by atoms with Gasteiger partial charge in [-0.3, -0.25) is 9.59 Å². The summed E-state index contributed by atoms with van der Waals surface area (Å²) in [5.74, 6) is -0.279. The van der Waals surface area contributed by atoms with E-state index in [0.717, 1.165) is 0 Å². The topological polar surface area (TPSA) is 55.4 Å². The van der Waals surface area contributed by atoms with E-state index in [9.17, 15) is 9.59 Å². The van der Waals surface area contributed by atoms with E-state index < -0.39 is 0 Å². The highest BCUT2D eigenvalue weighted by Gasteiger charge is 2.25. The molecule has 0 aromatic carbocycles. The zero-order chi connectivity index (χ0) is 7.56. The van der Waals surface area contributed by atoms with Gasteiger partial charge in [0.25, 0.3) is 0 Å². The Balaban J connectivity index is 2.05. The van der Waals surface area contributed by atoms with Crippen LogP contribution in [0, 0.1) is 0 Å². The predicted octanol–water partition coefficient (Wildman–Crippen LogP) is -0.562. The number of β-lactam (4-membered cyclic amide) rings is 1. The standard InChI is InChI=1S/C6H9NO3/c1-4(8)10-3-5-2-6(9)7-5/h5H,2-3H2,1H3,(H,7,9). The van der Waals surface area contributed by atoms with Gasteiger partial charge in [0.15, 0.2) is 0 Å². The van der Waals surface area contributed by atoms with Crippen LogP contribution in [0.25, 0.3) is 0 Å². The average molecular weight is 143 g/mol. The van der Waals surface area contributed by atoms with Crippen molar-refractivity contribution < 1.29 is 14.3 Å². The maximum Gasteiger partial charge on any atom is 0.302 e. The van der Waals surface area contributed by atoms with E-state index in [0.29, 0.717) is 13.0 Å². The number of hydrogen-bond donors (Lipinski definition) is 1. The summed E-state index contributed by atoms with van der Waals surface area (Å²) in [6.45, 7) is 1.65. The molecule has 1 unspecified atom stereocenters. The third-order valence-electron chi connectivity index (χ3n) is 1.28. The summed E-state index contributed by atoms with van der Waals surface area (Å²) in [5, 5.41) is 2.58. The highest BCUT2D eigenvalue weighted by atomic mass is 16.5. The molecule has 1 aliphatic rings. The van der Waals surface area contributed by atoms with Gasteiger partial charge in [0, 0.05) is 6.92 Å². The number of amides is 1. The Labute approximate surface area is 58.5 Å². The van der Waals surface area contributed by atoms with Crippen LogP contribution in [0.15, 0.2) is 0 Å². The normalized spacial score (nSPS) is 22.9. The van der Waals surface area contributed by atoms with Gasteiger partial charge in [-0.05, 0) is 0 Å². The van der Waals surface area contributed by atoms with Crippen molar-refractivity contribution in [2.45, 2.75) is 19.4 Å². The molecule has 1 aliphatic heterocycles. The van der Waals surface area contributed by atoms with E-state index in [1.165, 1.54) is 6.92 Å². The fourth-order valence-corrected chi connectivity index (χ4v) is 0.749. The van der Waals surface area contributed by atoms with Gasteiger partial charge >= 0.3 is 5.97 Å². The second kappa shape index (κ2) is 2.68. The van der Waals surface area contributed by atoms with Gasteiger partial charge in [-0.2, -0.15) is 0 Å². The monoisotopic (exact) mass is 143 g/mol. The lowest BCUT2D eigenvalue weighted by Gasteiger charge is -2.25. The van der Waals surface area contributed by atoms with Gasteiger partial charge in [-0.1, -0.05) is 0 Å². The van der Waals surface area contributed by atoms with Gasteiger partial charge in [-0.25, -0.2) is 0 Å². The van der Waals surface area contributed by atoms with Gasteiger partial charge in [-0.15, -0.1) is 0 Å². The summed E-state index contributed by atoms with van der Waals surface area (Å²) >= 11 is 0. The van der Waals surface area contributed by atoms with Crippen LogP contribution in [-0.2, 0) is 14.3 Å². The number of carbonyl (C=O) groups excluding carboxylic acids is 2. The maximum atomic E-state index is 10.3. The molecular formula is C6H9NO3. The van der Waals surface area contributed by atoms with E-state index >= 15 is 0 Å². The molecule has 1 rings (SSSR count). The zero-order valence-corrected chi connectivity index (χ0v) is 5.72. The van der Waals surface area contributed by atoms with Crippen LogP contribution < -0.4 is 5.32 Å². The Morgan fingerprint density at radius 2 is 2.50 bits per heavy atom. The van der Waals surface area contributed by atoms with Crippen molar-refractivity contribution in [1.29, 1.82) is 0 Å². The van der Waals surface area contributed by atoms with Crippen LogP contribution in [0.4, 0.5) is 0 Å². The number of hydrogen-bond acceptors (Lipinski definition) is 3. The minimum Gasteiger partial charge on any atom is -0.464 e. The van der Waals surface area contributed by atoms with Gasteiger partial charge in [0.05, 0.1) is 12.5 Å². The summed E-state index contributed by atoms with van der Waals surface area (Å²) < 4.78 is 4.64. The molecule has 0 spiro atoms. The van der Waals surface area contributed by atoms with Crippen molar-refractivity contribution in [2.75, 3.05) is 6.61 Å². The minimum absolute atomic E-state index is 0.0251. The highest BCUT2D eigenvalue weighted by Crippen LogP contribution is 2.03. The van der Waals surface area contributed by atoms with Crippen molar-refractivity contribution in [3.63, 3.8) is 0 Å². The van der Waals surface area contributed by atoms with Crippen LogP contribution in [0.5, 0.6) is 0 Å². The largest absolute Gasteiger partial charge is 0.464 e. The summed E-state index contributed by atoms with van der Waals surface area (Å²) in [4.78, 5) is 20.5. The third-order valence-corrected chi connectivity index (χ3v) is 1.28. The fourth-order valence-electron chi connectivity index (χ4n) is 0.749. The summed E-state index contributed by atoms with van der Waals surface area (Å²) in [6.07, 6.45) is 0.479. The van der Waals surface area contributed by atoms with Crippen molar-refractivity contribution in [1.82, 2.24) is 5.32 Å². The van der Waals surface area contributed by atoms with Crippen LogP contribution in [0.1, 0.15) is 13.3 Å². The lowest BCUT2D eigenvalue weighted by atomic mass is 10.1. The molecule has 1 saturated heterocycles. The Hall–Kier alpha value is -1.06. The van der Waals surface area contributed by atoms with E-state index in [1.54, 1.807) is 0 Å². The first kappa shape index (κ1) is 7.05. The van der Waals surface area contributed by atoms with E-state index in [-0.39, 0.29) is 17.9 Å². The van der Waals surface area contributed by atoms with Crippen LogP contribution in [0.2, 0.25) is 0 Å². The van der Waals surface area contributed by atoms with Crippen molar-refractivity contribution in [3.05, 3.63) is 0 Å². The predicted molar refractivity (Wildman–Crippen MR) is 33.2 cm³/mol. The molecule has 1 N–H and O–H groups in total. The Morgan fingerprint density at radius 3 is 2.90 bits per heavy atom. The Kier molecular flexibility index (Phi) is 1.89. The summed E-state index contributed by atoms with van der Waals surface area (Å²) in [6, 6.07) is 0.0522. The fraction of sp³-hybridized carbons (Fsp3) is 0.667. The second-order valence-corrected chi connectivity index (χ2v) is 2.27. The SMILES string of the molecule is CC(=O)OCC1CC(=O)N1. The lowest BCUT2D eigenvalue weighted by molar-refractivity contribution is -0.145. The van der Waals surface area contributed by atoms with Gasteiger partial charge < -0.3 is 10.1 Å². The number of ether oxygens (including phenoxy) is 1. The first-order chi connectivity index (χ1) is 4.68. The van der Waals surface area contributed by atoms with Crippen LogP contribution >= 0.6 is 0 Å². The molecule has 0 aromatic heterocycles. The van der Waals surface area contributed by atoms with Gasteiger partial charge in [0.2, 0.25) is 5.91 Å². The molecule has 4 nitrogen and oxygen atoms in total. The molecule has 1 heterocycles. The van der Waals surface area contributed by atoms with E-state index in [4.69, 9.17) is 0 Å². The minimum atomic E-state index is -0.304. The summed E-state index contributed by atoms with van der Waals surface area (Å²) in [5.41, 5.74) is 0. The smallest absolute Gasteiger partial charge is 0.302 e. The number of rotatable bonds is 2. The third kappa shape index (κ3) is 1.72. The molecule has 10 heavy (non-hydrogen) atoms. The van der Waals surface area contributed by atoms with E-state index in [2.05, 4.69) is 10.1 Å². The highest BCUT2D eigenvalue weighted by molar-refractivity contribution is 5.82. The second-order valence-electron chi connectivity index (χ2n) is 2.27. The van der Waals surface area contributed by atoms with E-state index in [1.807, 2.05) is 0 Å². The Bertz CT molecular complexity index is 158. The first-order valence-electron chi connectivity index (χ1n) is 3.11. The molecule has 1 amide bonds. The summed E-state index contributed by atoms with van der Waals surface area (Å²) in [7, 11) is 0. The lowest BCUT2D eigenvalue weighted by Crippen LogP contribution is -2.51. The molecule has 0 radical (unpaired) electrons. The molecular weight excluding hydrogens is 134 g/mol. The van der Waals surface area contributed by atoms with Crippen LogP contribution in [-0.4, -0.2) is 24.5 Å². The molecule has 56 valence electrons. The molecule has 1 atom stereocenters. The molecule has 4 heteroatoms. The molecule has 0 bridgehead atoms. The molecule has 1 fully saturated rings. The van der Waals surface area contributed by atoms with Gasteiger partial charge in [0.1, 0.15) is 6.61 Å². The zero-order valence-electron chi connectivity index (χ0n) is 5.72. The Morgan fingerprint density at radius 1 is 1.90 bits per heavy atom. The maximum absolute atomic E-state index is 10.3.